The largest absolute Gasteiger partial charge is 0.468 e. The highest BCUT2D eigenvalue weighted by atomic mass is 16.5. The van der Waals surface area contributed by atoms with Gasteiger partial charge in [-0.2, -0.15) is 0 Å². The van der Waals surface area contributed by atoms with Crippen LogP contribution in [0.5, 0.6) is 0 Å². The number of hydrogen-bond acceptors (Lipinski definition) is 3. The Morgan fingerprint density at radius 3 is 3.10 bits per heavy atom. The van der Waals surface area contributed by atoms with Crippen molar-refractivity contribution >= 4 is 5.97 Å². The highest BCUT2D eigenvalue weighted by molar-refractivity contribution is 5.94. The van der Waals surface area contributed by atoms with Gasteiger partial charge >= 0.3 is 5.97 Å². The lowest BCUT2D eigenvalue weighted by Crippen LogP contribution is -1.94. The minimum atomic E-state index is -0.263. The number of furan rings is 1. The molecule has 10 heavy (non-hydrogen) atoms. The molecule has 3 heteroatoms. The second kappa shape index (κ2) is 1.62. The van der Waals surface area contributed by atoms with Gasteiger partial charge in [0.1, 0.15) is 17.9 Å². The van der Waals surface area contributed by atoms with Crippen LogP contribution in [0.3, 0.4) is 0 Å². The van der Waals surface area contributed by atoms with Gasteiger partial charge in [0.15, 0.2) is 0 Å². The molecule has 0 aromatic carbocycles. The molecule has 1 aliphatic rings. The predicted octanol–water partition coefficient (Wildman–Crippen LogP) is 1.26. The van der Waals surface area contributed by atoms with Crippen molar-refractivity contribution < 1.29 is 13.9 Å². The fraction of sp³-hybridized carbons (Fsp3) is 0.286. The van der Waals surface area contributed by atoms with Crippen LogP contribution in [0.15, 0.2) is 10.7 Å². The van der Waals surface area contributed by atoms with Crippen LogP contribution in [-0.4, -0.2) is 5.97 Å². The van der Waals surface area contributed by atoms with E-state index in [1.54, 1.807) is 13.2 Å². The predicted molar refractivity (Wildman–Crippen MR) is 32.6 cm³/mol. The van der Waals surface area contributed by atoms with Gasteiger partial charge in [-0.15, -0.1) is 0 Å². The molecule has 52 valence electrons. The maximum Gasteiger partial charge on any atom is 0.342 e. The van der Waals surface area contributed by atoms with Crippen LogP contribution in [0.1, 0.15) is 21.7 Å². The summed E-state index contributed by atoms with van der Waals surface area (Å²) in [6, 6.07) is 0. The summed E-state index contributed by atoms with van der Waals surface area (Å²) in [7, 11) is 0. The molecule has 0 unspecified atom stereocenters. The fourth-order valence-electron chi connectivity index (χ4n) is 1.10. The number of fused-ring (bicyclic) bond motifs is 1. The molecule has 0 saturated heterocycles. The van der Waals surface area contributed by atoms with Crippen molar-refractivity contribution in [1.82, 2.24) is 0 Å². The summed E-state index contributed by atoms with van der Waals surface area (Å²) < 4.78 is 9.75. The van der Waals surface area contributed by atoms with Crippen molar-refractivity contribution in [2.75, 3.05) is 0 Å². The van der Waals surface area contributed by atoms with Crippen molar-refractivity contribution in [3.05, 3.63) is 23.2 Å². The summed E-state index contributed by atoms with van der Waals surface area (Å²) >= 11 is 0. The minimum absolute atomic E-state index is 0.263. The van der Waals surface area contributed by atoms with E-state index in [2.05, 4.69) is 0 Å². The summed E-state index contributed by atoms with van der Waals surface area (Å²) in [5.41, 5.74) is 1.47. The molecule has 1 aromatic heterocycles. The van der Waals surface area contributed by atoms with Gasteiger partial charge in [0.05, 0.1) is 6.26 Å². The lowest BCUT2D eigenvalue weighted by molar-refractivity contribution is 0.0529. The maximum absolute atomic E-state index is 10.9. The lowest BCUT2D eigenvalue weighted by Gasteiger charge is -1.88. The Labute approximate surface area is 57.6 Å². The SMILES string of the molecule is Cc1occ2c1C(=O)OC2. The van der Waals surface area contributed by atoms with Crippen LogP contribution in [0.2, 0.25) is 0 Å². The third-order valence-corrected chi connectivity index (χ3v) is 1.61. The molecule has 1 aromatic rings. The van der Waals surface area contributed by atoms with Crippen LogP contribution in [0.25, 0.3) is 0 Å². The molecule has 0 radical (unpaired) electrons. The monoisotopic (exact) mass is 138 g/mol. The number of ether oxygens (including phenoxy) is 1. The van der Waals surface area contributed by atoms with E-state index in [0.29, 0.717) is 17.9 Å². The number of carbonyl (C=O) groups is 1. The molecule has 2 rings (SSSR count). The van der Waals surface area contributed by atoms with Gasteiger partial charge in [0, 0.05) is 5.56 Å². The zero-order valence-corrected chi connectivity index (χ0v) is 5.51. The maximum atomic E-state index is 10.9. The summed E-state index contributed by atoms with van der Waals surface area (Å²) in [6.45, 7) is 2.12. The molecule has 0 spiro atoms. The summed E-state index contributed by atoms with van der Waals surface area (Å²) in [5.74, 6) is 0.388. The Hall–Kier alpha value is -1.25. The third-order valence-electron chi connectivity index (χ3n) is 1.61. The molecule has 2 heterocycles. The molecule has 0 N–H and O–H groups in total. The molecular formula is C7H6O3. The average Bonchev–Trinajstić information content (AvgIpc) is 2.40. The number of aryl methyl sites for hydroxylation is 1. The smallest absolute Gasteiger partial charge is 0.342 e. The van der Waals surface area contributed by atoms with Crippen molar-refractivity contribution in [3.63, 3.8) is 0 Å². The van der Waals surface area contributed by atoms with Crippen LogP contribution < -0.4 is 0 Å². The number of esters is 1. The molecule has 0 saturated carbocycles. The summed E-state index contributed by atoms with van der Waals surface area (Å²) in [5, 5.41) is 0. The van der Waals surface area contributed by atoms with Gasteiger partial charge in [0.25, 0.3) is 0 Å². The Balaban J connectivity index is 2.65. The lowest BCUT2D eigenvalue weighted by atomic mass is 10.2. The van der Waals surface area contributed by atoms with E-state index < -0.39 is 0 Å². The first-order valence-electron chi connectivity index (χ1n) is 3.03. The van der Waals surface area contributed by atoms with Gasteiger partial charge in [-0.05, 0) is 6.92 Å². The van der Waals surface area contributed by atoms with E-state index in [9.17, 15) is 4.79 Å². The zero-order chi connectivity index (χ0) is 7.14. The summed E-state index contributed by atoms with van der Waals surface area (Å²) in [6.07, 6.45) is 1.57. The number of cyclic esters (lactones) is 1. The summed E-state index contributed by atoms with van der Waals surface area (Å²) in [4.78, 5) is 10.9. The van der Waals surface area contributed by atoms with Crippen LogP contribution >= 0.6 is 0 Å². The third kappa shape index (κ3) is 0.518. The highest BCUT2D eigenvalue weighted by Crippen LogP contribution is 2.24. The van der Waals surface area contributed by atoms with Gasteiger partial charge in [-0.1, -0.05) is 0 Å². The van der Waals surface area contributed by atoms with Crippen molar-refractivity contribution in [2.45, 2.75) is 13.5 Å². The molecule has 0 amide bonds. The van der Waals surface area contributed by atoms with Gasteiger partial charge in [-0.25, -0.2) is 4.79 Å². The number of carbonyl (C=O) groups excluding carboxylic acids is 1. The van der Waals surface area contributed by atoms with Crippen LogP contribution in [-0.2, 0) is 11.3 Å². The minimum Gasteiger partial charge on any atom is -0.468 e. The van der Waals surface area contributed by atoms with Gasteiger partial charge in [0.2, 0.25) is 0 Å². The van der Waals surface area contributed by atoms with E-state index in [-0.39, 0.29) is 5.97 Å². The quantitative estimate of drug-likeness (QED) is 0.506. The van der Waals surface area contributed by atoms with Gasteiger partial charge < -0.3 is 9.15 Å². The Morgan fingerprint density at radius 1 is 1.60 bits per heavy atom. The van der Waals surface area contributed by atoms with Crippen LogP contribution in [0, 0.1) is 6.92 Å². The highest BCUT2D eigenvalue weighted by Gasteiger charge is 2.25. The molecule has 0 bridgehead atoms. The van der Waals surface area contributed by atoms with E-state index in [1.807, 2.05) is 0 Å². The van der Waals surface area contributed by atoms with Crippen molar-refractivity contribution in [1.29, 1.82) is 0 Å². The van der Waals surface area contributed by atoms with Crippen molar-refractivity contribution in [3.8, 4) is 0 Å². The zero-order valence-electron chi connectivity index (χ0n) is 5.51. The van der Waals surface area contributed by atoms with Gasteiger partial charge in [-0.3, -0.25) is 0 Å². The molecule has 0 fully saturated rings. The Morgan fingerprint density at radius 2 is 2.40 bits per heavy atom. The first kappa shape index (κ1) is 5.53. The van der Waals surface area contributed by atoms with E-state index in [1.165, 1.54) is 0 Å². The standard InChI is InChI=1S/C7H6O3/c1-4-6-5(2-9-4)3-10-7(6)8/h2H,3H2,1H3. The average molecular weight is 138 g/mol. The van der Waals surface area contributed by atoms with Crippen molar-refractivity contribution in [2.24, 2.45) is 0 Å². The molecular weight excluding hydrogens is 132 g/mol. The first-order chi connectivity index (χ1) is 4.79. The first-order valence-corrected chi connectivity index (χ1v) is 3.03. The molecule has 0 aliphatic carbocycles. The van der Waals surface area contributed by atoms with E-state index >= 15 is 0 Å². The molecule has 0 atom stereocenters. The van der Waals surface area contributed by atoms with Crippen LogP contribution in [0.4, 0.5) is 0 Å². The fourth-order valence-corrected chi connectivity index (χ4v) is 1.10. The number of rotatable bonds is 0. The normalized spacial score (nSPS) is 15.1. The van der Waals surface area contributed by atoms with E-state index in [4.69, 9.17) is 9.15 Å². The molecule has 1 aliphatic heterocycles. The Bertz CT molecular complexity index is 285. The Kier molecular flexibility index (Phi) is 0.897. The van der Waals surface area contributed by atoms with E-state index in [0.717, 1.165) is 5.56 Å². The second-order valence-electron chi connectivity index (χ2n) is 2.27. The molecule has 3 nitrogen and oxygen atoms in total. The topological polar surface area (TPSA) is 39.4 Å². The second-order valence-corrected chi connectivity index (χ2v) is 2.27. The number of hydrogen-bond donors (Lipinski definition) is 0.